The lowest BCUT2D eigenvalue weighted by molar-refractivity contribution is -0.385. The second kappa shape index (κ2) is 9.96. The summed E-state index contributed by atoms with van der Waals surface area (Å²) in [7, 11) is -3.79. The van der Waals surface area contributed by atoms with Crippen LogP contribution in [0.15, 0.2) is 41.3 Å². The SMILES string of the molecule is CCOc1ccc(C(=O)Nc2ccc(OCC)c(S(=O)(=O)N3CCCC3)c2)cc1[N+](=O)[O-]. The van der Waals surface area contributed by atoms with Crippen LogP contribution in [0, 0.1) is 10.1 Å². The van der Waals surface area contributed by atoms with Crippen LogP contribution < -0.4 is 14.8 Å². The quantitative estimate of drug-likeness (QED) is 0.446. The summed E-state index contributed by atoms with van der Waals surface area (Å²) < 4.78 is 38.3. The summed E-state index contributed by atoms with van der Waals surface area (Å²) in [6.45, 7) is 4.84. The molecule has 1 heterocycles. The number of carbonyl (C=O) groups excluding carboxylic acids is 1. The van der Waals surface area contributed by atoms with Gasteiger partial charge in [0.25, 0.3) is 5.91 Å². The summed E-state index contributed by atoms with van der Waals surface area (Å²) in [5.74, 6) is -0.354. The van der Waals surface area contributed by atoms with E-state index in [1.807, 2.05) is 0 Å². The van der Waals surface area contributed by atoms with Crippen molar-refractivity contribution in [2.45, 2.75) is 31.6 Å². The van der Waals surface area contributed by atoms with Crippen molar-refractivity contribution in [3.63, 3.8) is 0 Å². The molecular weight excluding hydrogens is 438 g/mol. The van der Waals surface area contributed by atoms with Crippen LogP contribution in [0.25, 0.3) is 0 Å². The molecule has 1 aliphatic heterocycles. The Labute approximate surface area is 186 Å². The van der Waals surface area contributed by atoms with E-state index in [2.05, 4.69) is 5.32 Å². The van der Waals surface area contributed by atoms with Crippen molar-refractivity contribution in [3.8, 4) is 11.5 Å². The highest BCUT2D eigenvalue weighted by molar-refractivity contribution is 7.89. The first-order chi connectivity index (χ1) is 15.3. The number of sulfonamides is 1. The van der Waals surface area contributed by atoms with Gasteiger partial charge in [0.15, 0.2) is 5.75 Å². The fraction of sp³-hybridized carbons (Fsp3) is 0.381. The van der Waals surface area contributed by atoms with Gasteiger partial charge in [0.1, 0.15) is 10.6 Å². The Morgan fingerprint density at radius 2 is 1.69 bits per heavy atom. The predicted octanol–water partition coefficient (Wildman–Crippen LogP) is 3.43. The van der Waals surface area contributed by atoms with Crippen molar-refractivity contribution < 1.29 is 27.6 Å². The second-order valence-electron chi connectivity index (χ2n) is 7.03. The van der Waals surface area contributed by atoms with E-state index in [0.29, 0.717) is 13.1 Å². The van der Waals surface area contributed by atoms with Gasteiger partial charge in [-0.05, 0) is 57.0 Å². The van der Waals surface area contributed by atoms with Crippen molar-refractivity contribution in [3.05, 3.63) is 52.1 Å². The monoisotopic (exact) mass is 463 g/mol. The molecule has 10 nitrogen and oxygen atoms in total. The second-order valence-corrected chi connectivity index (χ2v) is 8.94. The van der Waals surface area contributed by atoms with E-state index >= 15 is 0 Å². The molecule has 2 aromatic carbocycles. The number of nitro benzene ring substituents is 1. The first-order valence-electron chi connectivity index (χ1n) is 10.3. The van der Waals surface area contributed by atoms with Crippen LogP contribution in [-0.2, 0) is 10.0 Å². The molecule has 3 rings (SSSR count). The Morgan fingerprint density at radius 3 is 2.31 bits per heavy atom. The molecule has 0 aliphatic carbocycles. The number of hydrogen-bond acceptors (Lipinski definition) is 7. The summed E-state index contributed by atoms with van der Waals surface area (Å²) in [6.07, 6.45) is 1.58. The Balaban J connectivity index is 1.91. The number of amides is 1. The lowest BCUT2D eigenvalue weighted by Gasteiger charge is -2.19. The van der Waals surface area contributed by atoms with E-state index in [1.54, 1.807) is 13.8 Å². The highest BCUT2D eigenvalue weighted by atomic mass is 32.2. The molecule has 0 spiro atoms. The molecule has 0 radical (unpaired) electrons. The summed E-state index contributed by atoms with van der Waals surface area (Å²) in [6, 6.07) is 8.25. The van der Waals surface area contributed by atoms with Crippen LogP contribution >= 0.6 is 0 Å². The highest BCUT2D eigenvalue weighted by Gasteiger charge is 2.30. The minimum Gasteiger partial charge on any atom is -0.492 e. The third kappa shape index (κ3) is 5.00. The molecule has 0 saturated carbocycles. The Bertz CT molecular complexity index is 1110. The van der Waals surface area contributed by atoms with Gasteiger partial charge in [-0.25, -0.2) is 8.42 Å². The van der Waals surface area contributed by atoms with Crippen LogP contribution in [0.4, 0.5) is 11.4 Å². The van der Waals surface area contributed by atoms with Crippen molar-refractivity contribution >= 4 is 27.3 Å². The molecule has 1 fully saturated rings. The van der Waals surface area contributed by atoms with Gasteiger partial charge in [-0.2, -0.15) is 4.31 Å². The van der Waals surface area contributed by atoms with Gasteiger partial charge >= 0.3 is 5.69 Å². The van der Waals surface area contributed by atoms with Gasteiger partial charge in [0.2, 0.25) is 10.0 Å². The van der Waals surface area contributed by atoms with Gasteiger partial charge < -0.3 is 14.8 Å². The third-order valence-corrected chi connectivity index (χ3v) is 6.82. The Hall–Kier alpha value is -3.18. The molecule has 11 heteroatoms. The average Bonchev–Trinajstić information content (AvgIpc) is 3.31. The van der Waals surface area contributed by atoms with Gasteiger partial charge in [0.05, 0.1) is 18.1 Å². The zero-order chi connectivity index (χ0) is 23.3. The van der Waals surface area contributed by atoms with Crippen molar-refractivity contribution in [1.29, 1.82) is 0 Å². The van der Waals surface area contributed by atoms with E-state index in [1.165, 1.54) is 34.6 Å². The highest BCUT2D eigenvalue weighted by Crippen LogP contribution is 2.32. The number of nitro groups is 1. The zero-order valence-electron chi connectivity index (χ0n) is 17.9. The first-order valence-corrected chi connectivity index (χ1v) is 11.7. The number of nitrogens with one attached hydrogen (secondary N) is 1. The molecule has 2 aromatic rings. The van der Waals surface area contributed by atoms with Crippen LogP contribution in [-0.4, -0.2) is 49.9 Å². The van der Waals surface area contributed by atoms with Crippen LogP contribution in [0.2, 0.25) is 0 Å². The molecular formula is C21H25N3O7S. The smallest absolute Gasteiger partial charge is 0.311 e. The molecule has 0 aromatic heterocycles. The molecule has 1 saturated heterocycles. The average molecular weight is 464 g/mol. The fourth-order valence-electron chi connectivity index (χ4n) is 3.41. The summed E-state index contributed by atoms with van der Waals surface area (Å²) in [5, 5.41) is 13.9. The van der Waals surface area contributed by atoms with Crippen LogP contribution in [0.5, 0.6) is 11.5 Å². The topological polar surface area (TPSA) is 128 Å². The number of rotatable bonds is 9. The van der Waals surface area contributed by atoms with Crippen LogP contribution in [0.1, 0.15) is 37.0 Å². The molecule has 0 unspecified atom stereocenters. The van der Waals surface area contributed by atoms with Crippen molar-refractivity contribution in [1.82, 2.24) is 4.31 Å². The summed E-state index contributed by atoms with van der Waals surface area (Å²) in [5.41, 5.74) is -0.0609. The molecule has 32 heavy (non-hydrogen) atoms. The van der Waals surface area contributed by atoms with E-state index in [9.17, 15) is 23.3 Å². The number of hydrogen-bond donors (Lipinski definition) is 1. The maximum absolute atomic E-state index is 13.1. The largest absolute Gasteiger partial charge is 0.492 e. The minimum atomic E-state index is -3.79. The zero-order valence-corrected chi connectivity index (χ0v) is 18.7. The minimum absolute atomic E-state index is 0.0308. The van der Waals surface area contributed by atoms with Gasteiger partial charge in [-0.1, -0.05) is 0 Å². The van der Waals surface area contributed by atoms with E-state index in [-0.39, 0.29) is 46.5 Å². The van der Waals surface area contributed by atoms with Crippen molar-refractivity contribution in [2.75, 3.05) is 31.6 Å². The molecule has 0 atom stereocenters. The maximum Gasteiger partial charge on any atom is 0.311 e. The van der Waals surface area contributed by atoms with Crippen LogP contribution in [0.3, 0.4) is 0 Å². The van der Waals surface area contributed by atoms with Gasteiger partial charge in [-0.3, -0.25) is 14.9 Å². The maximum atomic E-state index is 13.1. The van der Waals surface area contributed by atoms with E-state index in [0.717, 1.165) is 18.9 Å². The number of benzene rings is 2. The number of carbonyl (C=O) groups is 1. The molecule has 0 bridgehead atoms. The van der Waals surface area contributed by atoms with E-state index < -0.39 is 20.9 Å². The van der Waals surface area contributed by atoms with E-state index in [4.69, 9.17) is 9.47 Å². The Kier molecular flexibility index (Phi) is 7.31. The molecule has 1 amide bonds. The standard InChI is InChI=1S/C21H25N3O7S/c1-3-30-18-9-7-15(13-17(18)24(26)27)21(25)22-16-8-10-19(31-4-2)20(14-16)32(28,29)23-11-5-6-12-23/h7-10,13-14H,3-6,11-12H2,1-2H3,(H,22,25). The normalized spacial score (nSPS) is 14.2. The summed E-state index contributed by atoms with van der Waals surface area (Å²) in [4.78, 5) is 23.4. The van der Waals surface area contributed by atoms with Gasteiger partial charge in [0, 0.05) is 30.4 Å². The number of nitrogens with zero attached hydrogens (tertiary/aromatic N) is 2. The van der Waals surface area contributed by atoms with Gasteiger partial charge in [-0.15, -0.1) is 0 Å². The number of anilines is 1. The third-order valence-electron chi connectivity index (χ3n) is 4.90. The number of ether oxygens (including phenoxy) is 2. The lowest BCUT2D eigenvalue weighted by atomic mass is 10.1. The lowest BCUT2D eigenvalue weighted by Crippen LogP contribution is -2.28. The molecule has 172 valence electrons. The Morgan fingerprint density at radius 1 is 1.06 bits per heavy atom. The molecule has 1 N–H and O–H groups in total. The molecule has 1 aliphatic rings. The predicted molar refractivity (Wildman–Crippen MR) is 118 cm³/mol. The van der Waals surface area contributed by atoms with Crippen molar-refractivity contribution in [2.24, 2.45) is 0 Å². The first kappa shape index (κ1) is 23.5. The summed E-state index contributed by atoms with van der Waals surface area (Å²) >= 11 is 0. The fourth-order valence-corrected chi connectivity index (χ4v) is 5.09.